The van der Waals surface area contributed by atoms with Crippen molar-refractivity contribution in [3.63, 3.8) is 0 Å². The average molecular weight is 275 g/mol. The smallest absolute Gasteiger partial charge is 0.123 e. The highest BCUT2D eigenvalue weighted by atomic mass is 79.9. The van der Waals surface area contributed by atoms with Crippen molar-refractivity contribution in [2.75, 3.05) is 5.33 Å². The minimum atomic E-state index is -0.212. The molecular formula is C12H16BrFO. The molecule has 0 N–H and O–H groups in total. The van der Waals surface area contributed by atoms with Gasteiger partial charge in [0.2, 0.25) is 0 Å². The van der Waals surface area contributed by atoms with Crippen LogP contribution in [0.25, 0.3) is 0 Å². The number of rotatable bonds is 5. The van der Waals surface area contributed by atoms with Crippen LogP contribution < -0.4 is 0 Å². The quantitative estimate of drug-likeness (QED) is 0.736. The van der Waals surface area contributed by atoms with E-state index in [9.17, 15) is 4.39 Å². The normalized spacial score (nSPS) is 14.9. The zero-order valence-electron chi connectivity index (χ0n) is 9.04. The zero-order valence-corrected chi connectivity index (χ0v) is 10.6. The topological polar surface area (TPSA) is 9.23 Å². The molecule has 1 aromatic carbocycles. The molecule has 1 rings (SSSR count). The van der Waals surface area contributed by atoms with Gasteiger partial charge in [-0.25, -0.2) is 4.39 Å². The molecule has 1 nitrogen and oxygen atoms in total. The molecule has 0 aliphatic carbocycles. The van der Waals surface area contributed by atoms with Crippen LogP contribution in [0.1, 0.15) is 31.9 Å². The number of halogens is 2. The summed E-state index contributed by atoms with van der Waals surface area (Å²) >= 11 is 3.41. The van der Waals surface area contributed by atoms with Crippen LogP contribution in [0.5, 0.6) is 0 Å². The lowest BCUT2D eigenvalue weighted by molar-refractivity contribution is 0.00882. The van der Waals surface area contributed by atoms with Gasteiger partial charge in [-0.3, -0.25) is 0 Å². The van der Waals surface area contributed by atoms with Gasteiger partial charge in [0.1, 0.15) is 5.82 Å². The van der Waals surface area contributed by atoms with E-state index in [0.29, 0.717) is 0 Å². The van der Waals surface area contributed by atoms with Crippen LogP contribution in [0.4, 0.5) is 4.39 Å². The Morgan fingerprint density at radius 2 is 1.93 bits per heavy atom. The Labute approximate surface area is 98.8 Å². The molecule has 0 aromatic heterocycles. The number of benzene rings is 1. The van der Waals surface area contributed by atoms with Crippen LogP contribution in [-0.4, -0.2) is 11.4 Å². The van der Waals surface area contributed by atoms with E-state index < -0.39 is 0 Å². The molecule has 15 heavy (non-hydrogen) atoms. The molecule has 0 amide bonds. The highest BCUT2D eigenvalue weighted by molar-refractivity contribution is 9.09. The molecule has 3 heteroatoms. The Bertz CT molecular complexity index is 286. The molecule has 84 valence electrons. The van der Waals surface area contributed by atoms with Crippen LogP contribution in [0.3, 0.4) is 0 Å². The van der Waals surface area contributed by atoms with Gasteiger partial charge in [-0.2, -0.15) is 0 Å². The molecule has 0 heterocycles. The van der Waals surface area contributed by atoms with E-state index in [2.05, 4.69) is 22.9 Å². The lowest BCUT2D eigenvalue weighted by Crippen LogP contribution is -2.13. The Morgan fingerprint density at radius 1 is 1.33 bits per heavy atom. The van der Waals surface area contributed by atoms with Gasteiger partial charge in [0.25, 0.3) is 0 Å². The highest BCUT2D eigenvalue weighted by Crippen LogP contribution is 2.22. The highest BCUT2D eigenvalue weighted by Gasteiger charge is 2.13. The molecule has 0 spiro atoms. The van der Waals surface area contributed by atoms with Gasteiger partial charge in [0.15, 0.2) is 0 Å². The molecular weight excluding hydrogens is 259 g/mol. The standard InChI is InChI=1S/C12H16BrFO/c1-3-9(2)15-12(8-13)10-4-6-11(14)7-5-10/h4-7,9,12H,3,8H2,1-2H3. The predicted octanol–water partition coefficient (Wildman–Crippen LogP) is 4.08. The third kappa shape index (κ3) is 3.92. The molecule has 1 aromatic rings. The van der Waals surface area contributed by atoms with Gasteiger partial charge < -0.3 is 4.74 Å². The third-order valence-corrected chi connectivity index (χ3v) is 2.94. The van der Waals surface area contributed by atoms with Gasteiger partial charge >= 0.3 is 0 Å². The monoisotopic (exact) mass is 274 g/mol. The van der Waals surface area contributed by atoms with Crippen molar-refractivity contribution in [1.29, 1.82) is 0 Å². The molecule has 2 unspecified atom stereocenters. The fraction of sp³-hybridized carbons (Fsp3) is 0.500. The Hall–Kier alpha value is -0.410. The first-order valence-electron chi connectivity index (χ1n) is 5.14. The van der Waals surface area contributed by atoms with Gasteiger partial charge in [-0.05, 0) is 31.0 Å². The van der Waals surface area contributed by atoms with Crippen LogP contribution >= 0.6 is 15.9 Å². The maximum Gasteiger partial charge on any atom is 0.123 e. The van der Waals surface area contributed by atoms with E-state index in [-0.39, 0.29) is 18.0 Å². The summed E-state index contributed by atoms with van der Waals surface area (Å²) in [7, 11) is 0. The summed E-state index contributed by atoms with van der Waals surface area (Å²) in [6.07, 6.45) is 1.20. The Kier molecular flexibility index (Phi) is 5.26. The largest absolute Gasteiger partial charge is 0.370 e. The second kappa shape index (κ2) is 6.23. The SMILES string of the molecule is CCC(C)OC(CBr)c1ccc(F)cc1. The number of hydrogen-bond donors (Lipinski definition) is 0. The third-order valence-electron chi connectivity index (χ3n) is 2.35. The number of ether oxygens (including phenoxy) is 1. The first-order chi connectivity index (χ1) is 7.17. The molecule has 0 fully saturated rings. The van der Waals surface area contributed by atoms with Crippen molar-refractivity contribution in [3.05, 3.63) is 35.6 Å². The number of hydrogen-bond acceptors (Lipinski definition) is 1. The fourth-order valence-electron chi connectivity index (χ4n) is 1.26. The first-order valence-corrected chi connectivity index (χ1v) is 6.26. The Morgan fingerprint density at radius 3 is 2.40 bits per heavy atom. The second-order valence-corrected chi connectivity index (χ2v) is 4.20. The summed E-state index contributed by atoms with van der Waals surface area (Å²) in [6, 6.07) is 6.46. The average Bonchev–Trinajstić information content (AvgIpc) is 2.27. The molecule has 0 saturated heterocycles. The van der Waals surface area contributed by atoms with Crippen LogP contribution in [0.15, 0.2) is 24.3 Å². The van der Waals surface area contributed by atoms with Gasteiger partial charge in [0, 0.05) is 5.33 Å². The van der Waals surface area contributed by atoms with Gasteiger partial charge in [-0.1, -0.05) is 35.0 Å². The van der Waals surface area contributed by atoms with E-state index in [1.165, 1.54) is 12.1 Å². The number of alkyl halides is 1. The maximum absolute atomic E-state index is 12.7. The van der Waals surface area contributed by atoms with Gasteiger partial charge in [0.05, 0.1) is 12.2 Å². The van der Waals surface area contributed by atoms with E-state index in [1.807, 2.05) is 6.92 Å². The zero-order chi connectivity index (χ0) is 11.3. The van der Waals surface area contributed by atoms with E-state index in [4.69, 9.17) is 4.74 Å². The van der Waals surface area contributed by atoms with Gasteiger partial charge in [-0.15, -0.1) is 0 Å². The van der Waals surface area contributed by atoms with Crippen LogP contribution in [-0.2, 0) is 4.74 Å². The van der Waals surface area contributed by atoms with E-state index >= 15 is 0 Å². The van der Waals surface area contributed by atoms with E-state index in [0.717, 1.165) is 17.3 Å². The van der Waals surface area contributed by atoms with Crippen molar-refractivity contribution < 1.29 is 9.13 Å². The lowest BCUT2D eigenvalue weighted by Gasteiger charge is -2.20. The lowest BCUT2D eigenvalue weighted by atomic mass is 10.1. The van der Waals surface area contributed by atoms with Crippen molar-refractivity contribution in [1.82, 2.24) is 0 Å². The molecule has 0 aliphatic rings. The summed E-state index contributed by atoms with van der Waals surface area (Å²) in [4.78, 5) is 0. The maximum atomic E-state index is 12.7. The Balaban J connectivity index is 2.69. The van der Waals surface area contributed by atoms with Crippen molar-refractivity contribution in [2.45, 2.75) is 32.5 Å². The molecule has 2 atom stereocenters. The molecule has 0 bridgehead atoms. The first kappa shape index (κ1) is 12.7. The van der Waals surface area contributed by atoms with Crippen molar-refractivity contribution in [3.8, 4) is 0 Å². The molecule has 0 radical (unpaired) electrons. The van der Waals surface area contributed by atoms with Crippen LogP contribution in [0.2, 0.25) is 0 Å². The predicted molar refractivity (Wildman–Crippen MR) is 63.8 cm³/mol. The summed E-state index contributed by atoms with van der Waals surface area (Å²) in [5.41, 5.74) is 1.01. The summed E-state index contributed by atoms with van der Waals surface area (Å²) in [5.74, 6) is -0.212. The molecule has 0 aliphatic heterocycles. The summed E-state index contributed by atoms with van der Waals surface area (Å²) in [6.45, 7) is 4.12. The van der Waals surface area contributed by atoms with E-state index in [1.54, 1.807) is 12.1 Å². The van der Waals surface area contributed by atoms with Crippen LogP contribution in [0, 0.1) is 5.82 Å². The second-order valence-electron chi connectivity index (χ2n) is 3.55. The minimum absolute atomic E-state index is 0.000509. The van der Waals surface area contributed by atoms with Crippen molar-refractivity contribution >= 4 is 15.9 Å². The van der Waals surface area contributed by atoms with Crippen molar-refractivity contribution in [2.24, 2.45) is 0 Å². The minimum Gasteiger partial charge on any atom is -0.370 e. The summed E-state index contributed by atoms with van der Waals surface area (Å²) in [5, 5.41) is 0.725. The fourth-order valence-corrected chi connectivity index (χ4v) is 1.78. The summed E-state index contributed by atoms with van der Waals surface area (Å²) < 4.78 is 18.5. The molecule has 0 saturated carbocycles.